The lowest BCUT2D eigenvalue weighted by Gasteiger charge is -2.08. The van der Waals surface area contributed by atoms with Gasteiger partial charge >= 0.3 is 0 Å². The Labute approximate surface area is 128 Å². The van der Waals surface area contributed by atoms with Crippen LogP contribution >= 0.6 is 0 Å². The maximum atomic E-state index is 11.7. The lowest BCUT2D eigenvalue weighted by molar-refractivity contribution is -0.121. The molecule has 0 spiro atoms. The van der Waals surface area contributed by atoms with Crippen molar-refractivity contribution in [3.05, 3.63) is 47.3 Å². The third kappa shape index (κ3) is 4.18. The fourth-order valence-corrected chi connectivity index (χ4v) is 2.09. The SMILES string of the molecule is C=CCCC(=O)NCCCNc1n[nH]c(=O)c2ccccc12. The molecule has 2 rings (SSSR count). The van der Waals surface area contributed by atoms with Crippen LogP contribution in [-0.4, -0.2) is 29.2 Å². The van der Waals surface area contributed by atoms with Crippen molar-refractivity contribution in [2.45, 2.75) is 19.3 Å². The number of nitrogens with one attached hydrogen (secondary N) is 3. The fraction of sp³-hybridized carbons (Fsp3) is 0.312. The van der Waals surface area contributed by atoms with E-state index in [1.165, 1.54) is 0 Å². The molecule has 2 aromatic rings. The van der Waals surface area contributed by atoms with Crippen molar-refractivity contribution in [3.8, 4) is 0 Å². The lowest BCUT2D eigenvalue weighted by atomic mass is 10.2. The van der Waals surface area contributed by atoms with Crippen molar-refractivity contribution in [2.24, 2.45) is 0 Å². The van der Waals surface area contributed by atoms with Gasteiger partial charge in [-0.15, -0.1) is 6.58 Å². The highest BCUT2D eigenvalue weighted by Gasteiger charge is 2.05. The number of benzene rings is 1. The van der Waals surface area contributed by atoms with Gasteiger partial charge in [-0.2, -0.15) is 5.10 Å². The Morgan fingerprint density at radius 2 is 2.05 bits per heavy atom. The van der Waals surface area contributed by atoms with Crippen LogP contribution in [0.3, 0.4) is 0 Å². The minimum atomic E-state index is -0.198. The summed E-state index contributed by atoms with van der Waals surface area (Å²) in [6.45, 7) is 4.84. The van der Waals surface area contributed by atoms with Gasteiger partial charge in [0.25, 0.3) is 5.56 Å². The summed E-state index contributed by atoms with van der Waals surface area (Å²) in [5.41, 5.74) is -0.198. The Bertz CT molecular complexity index is 709. The number of aromatic amines is 1. The Morgan fingerprint density at radius 3 is 2.82 bits per heavy atom. The molecule has 1 amide bonds. The summed E-state index contributed by atoms with van der Waals surface area (Å²) in [6, 6.07) is 7.31. The average Bonchev–Trinajstić information content (AvgIpc) is 2.55. The maximum Gasteiger partial charge on any atom is 0.272 e. The van der Waals surface area contributed by atoms with Crippen LogP contribution in [0, 0.1) is 0 Å². The summed E-state index contributed by atoms with van der Waals surface area (Å²) in [6.07, 6.45) is 3.67. The van der Waals surface area contributed by atoms with Gasteiger partial charge < -0.3 is 10.6 Å². The highest BCUT2D eigenvalue weighted by Crippen LogP contribution is 2.16. The molecular formula is C16H20N4O2. The van der Waals surface area contributed by atoms with E-state index >= 15 is 0 Å². The minimum Gasteiger partial charge on any atom is -0.368 e. The zero-order valence-electron chi connectivity index (χ0n) is 12.4. The third-order valence-electron chi connectivity index (χ3n) is 3.24. The van der Waals surface area contributed by atoms with Gasteiger partial charge in [-0.1, -0.05) is 24.3 Å². The van der Waals surface area contributed by atoms with Gasteiger partial charge in [-0.05, 0) is 18.9 Å². The maximum absolute atomic E-state index is 11.7. The number of carbonyl (C=O) groups excluding carboxylic acids is 1. The van der Waals surface area contributed by atoms with Crippen molar-refractivity contribution < 1.29 is 4.79 Å². The largest absolute Gasteiger partial charge is 0.368 e. The monoisotopic (exact) mass is 300 g/mol. The second kappa shape index (κ2) is 7.97. The number of hydrogen-bond donors (Lipinski definition) is 3. The molecule has 1 heterocycles. The van der Waals surface area contributed by atoms with Crippen molar-refractivity contribution in [3.63, 3.8) is 0 Å². The molecule has 0 saturated carbocycles. The number of amides is 1. The summed E-state index contributed by atoms with van der Waals surface area (Å²) in [5, 5.41) is 13.9. The van der Waals surface area contributed by atoms with Gasteiger partial charge in [-0.3, -0.25) is 9.59 Å². The van der Waals surface area contributed by atoms with Crippen molar-refractivity contribution in [1.29, 1.82) is 0 Å². The molecule has 22 heavy (non-hydrogen) atoms. The summed E-state index contributed by atoms with van der Waals surface area (Å²) < 4.78 is 0. The number of rotatable bonds is 8. The second-order valence-electron chi connectivity index (χ2n) is 4.90. The van der Waals surface area contributed by atoms with Crippen LogP contribution in [0.4, 0.5) is 5.82 Å². The minimum absolute atomic E-state index is 0.0347. The van der Waals surface area contributed by atoms with Crippen LogP contribution in [0.1, 0.15) is 19.3 Å². The summed E-state index contributed by atoms with van der Waals surface area (Å²) in [5.74, 6) is 0.681. The summed E-state index contributed by atoms with van der Waals surface area (Å²) in [7, 11) is 0. The number of aromatic nitrogens is 2. The van der Waals surface area contributed by atoms with E-state index in [2.05, 4.69) is 27.4 Å². The normalized spacial score (nSPS) is 10.4. The van der Waals surface area contributed by atoms with Crippen molar-refractivity contribution in [2.75, 3.05) is 18.4 Å². The quantitative estimate of drug-likeness (QED) is 0.512. The highest BCUT2D eigenvalue weighted by molar-refractivity contribution is 5.90. The van der Waals surface area contributed by atoms with Crippen LogP contribution < -0.4 is 16.2 Å². The van der Waals surface area contributed by atoms with Crippen LogP contribution in [0.25, 0.3) is 10.8 Å². The van der Waals surface area contributed by atoms with Crippen LogP contribution in [0.2, 0.25) is 0 Å². The number of hydrogen-bond acceptors (Lipinski definition) is 4. The van der Waals surface area contributed by atoms with E-state index in [-0.39, 0.29) is 11.5 Å². The molecule has 0 aliphatic heterocycles. The first-order valence-electron chi connectivity index (χ1n) is 7.31. The molecular weight excluding hydrogens is 280 g/mol. The molecule has 0 aliphatic rings. The van der Waals surface area contributed by atoms with E-state index in [1.807, 2.05) is 18.2 Å². The Kier molecular flexibility index (Phi) is 5.71. The second-order valence-corrected chi connectivity index (χ2v) is 4.90. The summed E-state index contributed by atoms with van der Waals surface area (Å²) in [4.78, 5) is 23.1. The predicted octanol–water partition coefficient (Wildman–Crippen LogP) is 1.81. The number of H-pyrrole nitrogens is 1. The molecule has 0 unspecified atom stereocenters. The predicted molar refractivity (Wildman–Crippen MR) is 87.9 cm³/mol. The zero-order valence-corrected chi connectivity index (χ0v) is 12.4. The topological polar surface area (TPSA) is 86.9 Å². The average molecular weight is 300 g/mol. The molecule has 3 N–H and O–H groups in total. The molecule has 6 nitrogen and oxygen atoms in total. The molecule has 1 aromatic carbocycles. The fourth-order valence-electron chi connectivity index (χ4n) is 2.09. The number of allylic oxidation sites excluding steroid dienone is 1. The van der Waals surface area contributed by atoms with E-state index in [4.69, 9.17) is 0 Å². The lowest BCUT2D eigenvalue weighted by Crippen LogP contribution is -2.25. The number of anilines is 1. The third-order valence-corrected chi connectivity index (χ3v) is 3.24. The molecule has 0 bridgehead atoms. The zero-order chi connectivity index (χ0) is 15.8. The van der Waals surface area contributed by atoms with E-state index in [0.29, 0.717) is 37.1 Å². The molecule has 1 aromatic heterocycles. The first kappa shape index (κ1) is 15.8. The van der Waals surface area contributed by atoms with Gasteiger partial charge in [0.05, 0.1) is 5.39 Å². The van der Waals surface area contributed by atoms with E-state index in [0.717, 1.165) is 11.8 Å². The molecule has 0 fully saturated rings. The van der Waals surface area contributed by atoms with E-state index < -0.39 is 0 Å². The number of nitrogens with zero attached hydrogens (tertiary/aromatic N) is 1. The smallest absolute Gasteiger partial charge is 0.272 e. The van der Waals surface area contributed by atoms with Gasteiger partial charge in [0, 0.05) is 24.9 Å². The number of carbonyl (C=O) groups is 1. The van der Waals surface area contributed by atoms with Crippen molar-refractivity contribution in [1.82, 2.24) is 15.5 Å². The van der Waals surface area contributed by atoms with Crippen LogP contribution in [0.5, 0.6) is 0 Å². The molecule has 0 aliphatic carbocycles. The van der Waals surface area contributed by atoms with Crippen molar-refractivity contribution >= 4 is 22.5 Å². The Balaban J connectivity index is 1.83. The van der Waals surface area contributed by atoms with Gasteiger partial charge in [0.1, 0.15) is 0 Å². The molecule has 6 heteroatoms. The Hall–Kier alpha value is -2.63. The number of fused-ring (bicyclic) bond motifs is 1. The standard InChI is InChI=1S/C16H20N4O2/c1-2-3-9-14(21)17-10-6-11-18-15-12-7-4-5-8-13(12)16(22)20-19-15/h2,4-5,7-8H,1,3,6,9-11H2,(H,17,21)(H,18,19)(H,20,22). The van der Waals surface area contributed by atoms with Crippen LogP contribution in [-0.2, 0) is 4.79 Å². The van der Waals surface area contributed by atoms with Gasteiger partial charge in [0.2, 0.25) is 5.91 Å². The molecule has 116 valence electrons. The molecule has 0 saturated heterocycles. The van der Waals surface area contributed by atoms with Crippen LogP contribution in [0.15, 0.2) is 41.7 Å². The first-order valence-corrected chi connectivity index (χ1v) is 7.31. The van der Waals surface area contributed by atoms with E-state index in [1.54, 1.807) is 12.1 Å². The van der Waals surface area contributed by atoms with Gasteiger partial charge in [-0.25, -0.2) is 5.10 Å². The Morgan fingerprint density at radius 1 is 1.27 bits per heavy atom. The highest BCUT2D eigenvalue weighted by atomic mass is 16.1. The first-order chi connectivity index (χ1) is 10.7. The van der Waals surface area contributed by atoms with Gasteiger partial charge in [0.15, 0.2) is 5.82 Å². The molecule has 0 radical (unpaired) electrons. The van der Waals surface area contributed by atoms with E-state index in [9.17, 15) is 9.59 Å². The summed E-state index contributed by atoms with van der Waals surface area (Å²) >= 11 is 0. The molecule has 0 atom stereocenters.